The Morgan fingerprint density at radius 3 is 1.44 bits per heavy atom. The van der Waals surface area contributed by atoms with E-state index >= 15 is 0 Å². The van der Waals surface area contributed by atoms with Gasteiger partial charge in [0.05, 0.1) is 5.69 Å². The fraction of sp³-hybridized carbons (Fsp3) is 0.289. The van der Waals surface area contributed by atoms with E-state index in [2.05, 4.69) is 307 Å². The Hall–Kier alpha value is -7.36. The zero-order valence-corrected chi connectivity index (χ0v) is 49.1. The molecular formula is C76H78BN2. The Morgan fingerprint density at radius 1 is 0.430 bits per heavy atom. The van der Waals surface area contributed by atoms with Crippen LogP contribution in [0.4, 0.5) is 34.1 Å². The Kier molecular flexibility index (Phi) is 12.7. The molecule has 2 heterocycles. The molecule has 9 aromatic rings. The minimum absolute atomic E-state index is 0.0180. The second-order valence-corrected chi connectivity index (χ2v) is 26.9. The number of fused-ring (bicyclic) bond motifs is 6. The van der Waals surface area contributed by atoms with Gasteiger partial charge in [-0.3, -0.25) is 0 Å². The van der Waals surface area contributed by atoms with Gasteiger partial charge in [-0.25, -0.2) is 0 Å². The standard InChI is InChI=1S/C76H78BN2/c1-49(2)52-42-68-71-69(43-52)79(66-47-58(50-26-18-14-19-27-50)62(72(3,4)5)45-59(66)51-28-20-15-21-29-51)67-48-64-63(73(6,7)40-41-74(64,8)9)46-61(67)70(77-71)60-44-56(76(12,13)54-32-24-17-25-33-54)36-39-65(60)78(68)57-37-34-55(35-38-57)75(10,11)53-30-22-16-23-31-53/h14-39,42-49,70H,40-41H2,1-13H3. The summed E-state index contributed by atoms with van der Waals surface area (Å²) in [5, 5.41) is 0. The van der Waals surface area contributed by atoms with E-state index in [4.69, 9.17) is 0 Å². The minimum Gasteiger partial charge on any atom is -0.311 e. The van der Waals surface area contributed by atoms with E-state index in [1.165, 1.54) is 112 Å². The van der Waals surface area contributed by atoms with E-state index in [1.807, 2.05) is 0 Å². The lowest BCUT2D eigenvalue weighted by atomic mass is 9.53. The molecule has 0 saturated carbocycles. The Morgan fingerprint density at radius 2 is 0.899 bits per heavy atom. The Balaban J connectivity index is 1.23. The summed E-state index contributed by atoms with van der Waals surface area (Å²) in [6.07, 6.45) is 2.26. The number of benzene rings is 9. The second-order valence-electron chi connectivity index (χ2n) is 26.9. The highest BCUT2D eigenvalue weighted by Crippen LogP contribution is 2.57. The van der Waals surface area contributed by atoms with Crippen LogP contribution in [0.5, 0.6) is 0 Å². The normalized spacial score (nSPS) is 16.3. The molecule has 395 valence electrons. The number of rotatable bonds is 9. The average Bonchev–Trinajstić information content (AvgIpc) is 3.96. The van der Waals surface area contributed by atoms with Crippen molar-refractivity contribution in [1.29, 1.82) is 0 Å². The molecule has 1 aliphatic carbocycles. The molecule has 0 fully saturated rings. The zero-order chi connectivity index (χ0) is 55.4. The molecule has 2 aliphatic heterocycles. The lowest BCUT2D eigenvalue weighted by Crippen LogP contribution is -2.34. The maximum Gasteiger partial charge on any atom is 0.172 e. The van der Waals surface area contributed by atoms with E-state index in [-0.39, 0.29) is 38.8 Å². The summed E-state index contributed by atoms with van der Waals surface area (Å²) in [5.74, 6) is 0.147. The molecule has 2 nitrogen and oxygen atoms in total. The summed E-state index contributed by atoms with van der Waals surface area (Å²) >= 11 is 0. The van der Waals surface area contributed by atoms with Crippen molar-refractivity contribution < 1.29 is 0 Å². The molecule has 3 heteroatoms. The molecular weight excluding hydrogens is 952 g/mol. The highest BCUT2D eigenvalue weighted by molar-refractivity contribution is 6.61. The van der Waals surface area contributed by atoms with Crippen LogP contribution >= 0.6 is 0 Å². The van der Waals surface area contributed by atoms with E-state index in [9.17, 15) is 0 Å². The van der Waals surface area contributed by atoms with Crippen LogP contribution < -0.4 is 15.3 Å². The molecule has 1 atom stereocenters. The van der Waals surface area contributed by atoms with Crippen molar-refractivity contribution in [2.75, 3.05) is 9.80 Å². The summed E-state index contributed by atoms with van der Waals surface area (Å²) in [6, 6.07) is 77.0. The lowest BCUT2D eigenvalue weighted by Gasteiger charge is -2.44. The second kappa shape index (κ2) is 19.2. The molecule has 0 saturated heterocycles. The molecule has 0 aromatic heterocycles. The molecule has 0 N–H and O–H groups in total. The van der Waals surface area contributed by atoms with E-state index in [0.717, 1.165) is 18.5 Å². The monoisotopic (exact) mass is 1030 g/mol. The highest BCUT2D eigenvalue weighted by atomic mass is 15.2. The number of hydrogen-bond acceptors (Lipinski definition) is 2. The molecule has 1 radical (unpaired) electrons. The topological polar surface area (TPSA) is 6.48 Å². The van der Waals surface area contributed by atoms with Gasteiger partial charge in [0, 0.05) is 44.8 Å². The summed E-state index contributed by atoms with van der Waals surface area (Å²) in [6.45, 7) is 31.3. The Bertz CT molecular complexity index is 3750. The highest BCUT2D eigenvalue weighted by Gasteiger charge is 2.44. The van der Waals surface area contributed by atoms with Crippen LogP contribution in [0.25, 0.3) is 22.3 Å². The van der Waals surface area contributed by atoms with Crippen molar-refractivity contribution in [3.05, 3.63) is 256 Å². The molecule has 79 heavy (non-hydrogen) atoms. The number of hydrogen-bond donors (Lipinski definition) is 0. The maximum atomic E-state index is 2.74. The molecule has 2 bridgehead atoms. The van der Waals surface area contributed by atoms with Gasteiger partial charge in [0.1, 0.15) is 0 Å². The average molecular weight is 1030 g/mol. The Labute approximate surface area is 473 Å². The predicted molar refractivity (Wildman–Crippen MR) is 339 cm³/mol. The maximum absolute atomic E-state index is 2.74. The van der Waals surface area contributed by atoms with Crippen LogP contribution in [-0.4, -0.2) is 7.28 Å². The van der Waals surface area contributed by atoms with Gasteiger partial charge in [-0.1, -0.05) is 242 Å². The van der Waals surface area contributed by atoms with Gasteiger partial charge in [0.2, 0.25) is 0 Å². The van der Waals surface area contributed by atoms with Gasteiger partial charge < -0.3 is 9.80 Å². The molecule has 1 unspecified atom stereocenters. The van der Waals surface area contributed by atoms with Crippen LogP contribution in [0.1, 0.15) is 170 Å². The fourth-order valence-corrected chi connectivity index (χ4v) is 13.5. The van der Waals surface area contributed by atoms with Crippen LogP contribution in [0.2, 0.25) is 0 Å². The number of anilines is 6. The first-order valence-electron chi connectivity index (χ1n) is 29.1. The van der Waals surface area contributed by atoms with Crippen molar-refractivity contribution in [3.8, 4) is 22.3 Å². The minimum atomic E-state index is -0.268. The first-order chi connectivity index (χ1) is 37.6. The first-order valence-corrected chi connectivity index (χ1v) is 29.1. The predicted octanol–water partition coefficient (Wildman–Crippen LogP) is 20.1. The zero-order valence-electron chi connectivity index (χ0n) is 49.1. The van der Waals surface area contributed by atoms with Gasteiger partial charge in [-0.2, -0.15) is 0 Å². The van der Waals surface area contributed by atoms with Gasteiger partial charge in [-0.05, 0) is 167 Å². The smallest absolute Gasteiger partial charge is 0.172 e. The summed E-state index contributed by atoms with van der Waals surface area (Å²) in [7, 11) is 2.68. The van der Waals surface area contributed by atoms with Gasteiger partial charge in [0.15, 0.2) is 7.28 Å². The number of nitrogens with zero attached hydrogens (tertiary/aromatic N) is 2. The van der Waals surface area contributed by atoms with Crippen molar-refractivity contribution in [3.63, 3.8) is 0 Å². The quantitative estimate of drug-likeness (QED) is 0.133. The lowest BCUT2D eigenvalue weighted by molar-refractivity contribution is 0.331. The largest absolute Gasteiger partial charge is 0.311 e. The van der Waals surface area contributed by atoms with Crippen molar-refractivity contribution in [2.24, 2.45) is 0 Å². The molecule has 3 aliphatic rings. The fourth-order valence-electron chi connectivity index (χ4n) is 13.5. The van der Waals surface area contributed by atoms with Gasteiger partial charge in [0.25, 0.3) is 0 Å². The third-order valence-corrected chi connectivity index (χ3v) is 18.7. The van der Waals surface area contributed by atoms with Crippen LogP contribution in [0, 0.1) is 0 Å². The van der Waals surface area contributed by atoms with Crippen LogP contribution in [0.3, 0.4) is 0 Å². The van der Waals surface area contributed by atoms with E-state index in [1.54, 1.807) is 0 Å². The first kappa shape index (κ1) is 52.3. The van der Waals surface area contributed by atoms with Crippen molar-refractivity contribution >= 4 is 46.9 Å². The SMILES string of the molecule is CC(C)c1cc2c3c(c1)N(c1cc(-c4ccccc4)c(C(C)(C)C)cc1-c1ccccc1)c1cc4c(cc1C([B]3)c1cc(C(C)(C)c3ccccc3)ccc1N2c1ccc(C(C)(C)c2ccccc2)cc1)C(C)(C)CCC4(C)C. The van der Waals surface area contributed by atoms with E-state index < -0.39 is 0 Å². The molecule has 0 spiro atoms. The molecule has 0 amide bonds. The van der Waals surface area contributed by atoms with Gasteiger partial charge >= 0.3 is 0 Å². The van der Waals surface area contributed by atoms with E-state index in [0.29, 0.717) is 0 Å². The molecule has 9 aromatic carbocycles. The third-order valence-electron chi connectivity index (χ3n) is 18.7. The van der Waals surface area contributed by atoms with Crippen molar-refractivity contribution in [2.45, 2.75) is 142 Å². The van der Waals surface area contributed by atoms with Crippen LogP contribution in [-0.2, 0) is 27.1 Å². The van der Waals surface area contributed by atoms with Crippen LogP contribution in [0.15, 0.2) is 200 Å². The van der Waals surface area contributed by atoms with Gasteiger partial charge in [-0.15, -0.1) is 0 Å². The summed E-state index contributed by atoms with van der Waals surface area (Å²) in [5.41, 5.74) is 26.2. The molecule has 12 rings (SSSR count). The summed E-state index contributed by atoms with van der Waals surface area (Å²) in [4.78, 5) is 5.36. The van der Waals surface area contributed by atoms with Crippen molar-refractivity contribution in [1.82, 2.24) is 0 Å². The summed E-state index contributed by atoms with van der Waals surface area (Å²) < 4.78 is 0. The third kappa shape index (κ3) is 8.97.